The van der Waals surface area contributed by atoms with Gasteiger partial charge in [0.25, 0.3) is 0 Å². The van der Waals surface area contributed by atoms with Crippen LogP contribution in [0.15, 0.2) is 41.4 Å². The van der Waals surface area contributed by atoms with Crippen LogP contribution in [0.3, 0.4) is 0 Å². The summed E-state index contributed by atoms with van der Waals surface area (Å²) in [4.78, 5) is 6.13. The van der Waals surface area contributed by atoms with E-state index >= 15 is 0 Å². The van der Waals surface area contributed by atoms with E-state index in [1.165, 1.54) is 5.56 Å². The maximum atomic E-state index is 14.6. The molecule has 25 heavy (non-hydrogen) atoms. The summed E-state index contributed by atoms with van der Waals surface area (Å²) < 4.78 is 14.6. The van der Waals surface area contributed by atoms with Crippen LogP contribution in [0.2, 0.25) is 0 Å². The van der Waals surface area contributed by atoms with Gasteiger partial charge in [0.2, 0.25) is 5.96 Å². The van der Waals surface area contributed by atoms with Gasteiger partial charge in [-0.3, -0.25) is 0 Å². The number of hydrogen-bond donors (Lipinski definition) is 1. The van der Waals surface area contributed by atoms with Gasteiger partial charge in [0.05, 0.1) is 0 Å². The fourth-order valence-electron chi connectivity index (χ4n) is 2.59. The molecule has 0 heterocycles. The number of halogens is 2. The highest BCUT2D eigenvalue weighted by molar-refractivity contribution is 5.96. The number of rotatable bonds is 5. The van der Waals surface area contributed by atoms with Crippen LogP contribution in [0.4, 0.5) is 15.8 Å². The van der Waals surface area contributed by atoms with Gasteiger partial charge in [0, 0.05) is 12.7 Å². The quantitative estimate of drug-likeness (QED) is 0.598. The second kappa shape index (κ2) is 9.42. The van der Waals surface area contributed by atoms with Crippen LogP contribution in [-0.4, -0.2) is 13.0 Å². The highest BCUT2D eigenvalue weighted by atomic mass is 35.5. The Kier molecular flexibility index (Phi) is 7.91. The lowest BCUT2D eigenvalue weighted by Gasteiger charge is -2.19. The Labute approximate surface area is 156 Å². The van der Waals surface area contributed by atoms with Gasteiger partial charge in [-0.15, -0.1) is 12.4 Å². The van der Waals surface area contributed by atoms with Gasteiger partial charge < -0.3 is 10.6 Å². The van der Waals surface area contributed by atoms with Crippen molar-refractivity contribution in [3.8, 4) is 0 Å². The highest BCUT2D eigenvalue weighted by Gasteiger charge is 2.11. The van der Waals surface area contributed by atoms with E-state index in [0.717, 1.165) is 24.1 Å². The predicted octanol–water partition coefficient (Wildman–Crippen LogP) is 5.02. The van der Waals surface area contributed by atoms with Crippen LogP contribution < -0.4 is 10.6 Å². The van der Waals surface area contributed by atoms with Gasteiger partial charge in [0.1, 0.15) is 5.69 Å². The summed E-state index contributed by atoms with van der Waals surface area (Å²) in [6, 6.07) is 11.8. The molecule has 0 bridgehead atoms. The van der Waals surface area contributed by atoms with Crippen molar-refractivity contribution in [2.45, 2.75) is 40.0 Å². The van der Waals surface area contributed by atoms with E-state index in [4.69, 9.17) is 5.73 Å². The third kappa shape index (κ3) is 4.95. The van der Waals surface area contributed by atoms with Crippen LogP contribution in [0, 0.1) is 5.82 Å². The number of nitrogens with two attached hydrogens (primary N) is 1. The number of nitrogens with zero attached hydrogens (tertiary/aromatic N) is 2. The van der Waals surface area contributed by atoms with Crippen LogP contribution in [0.1, 0.15) is 37.5 Å². The zero-order valence-electron chi connectivity index (χ0n) is 15.3. The van der Waals surface area contributed by atoms with Crippen molar-refractivity contribution in [3.05, 3.63) is 58.9 Å². The molecule has 0 radical (unpaired) electrons. The zero-order valence-corrected chi connectivity index (χ0v) is 16.2. The molecule has 2 rings (SSSR count). The number of benzene rings is 2. The monoisotopic (exact) mass is 363 g/mol. The first-order valence-corrected chi connectivity index (χ1v) is 8.48. The van der Waals surface area contributed by atoms with Crippen molar-refractivity contribution in [1.82, 2.24) is 0 Å². The van der Waals surface area contributed by atoms with Crippen LogP contribution in [0.5, 0.6) is 0 Å². The lowest BCUT2D eigenvalue weighted by molar-refractivity contribution is 0.613. The molecule has 0 spiro atoms. The molecule has 5 heteroatoms. The second-order valence-electron chi connectivity index (χ2n) is 5.85. The van der Waals surface area contributed by atoms with E-state index in [1.807, 2.05) is 39.1 Å². The number of aliphatic imine (C=N–C) groups is 1. The van der Waals surface area contributed by atoms with Gasteiger partial charge in [-0.25, -0.2) is 9.38 Å². The Morgan fingerprint density at radius 3 is 2.32 bits per heavy atom. The van der Waals surface area contributed by atoms with E-state index in [-0.39, 0.29) is 24.2 Å². The van der Waals surface area contributed by atoms with Crippen molar-refractivity contribution in [1.29, 1.82) is 0 Å². The van der Waals surface area contributed by atoms with E-state index in [9.17, 15) is 4.39 Å². The van der Waals surface area contributed by atoms with Gasteiger partial charge >= 0.3 is 0 Å². The summed E-state index contributed by atoms with van der Waals surface area (Å²) in [6.45, 7) is 6.09. The molecule has 2 aromatic carbocycles. The average Bonchev–Trinajstić information content (AvgIpc) is 2.62. The van der Waals surface area contributed by atoms with E-state index in [0.29, 0.717) is 17.7 Å². The Balaban J connectivity index is 0.00000312. The minimum absolute atomic E-state index is 0. The minimum Gasteiger partial charge on any atom is -0.369 e. The summed E-state index contributed by atoms with van der Waals surface area (Å²) in [5.41, 5.74) is 10.3. The minimum atomic E-state index is -0.284. The summed E-state index contributed by atoms with van der Waals surface area (Å²) in [5.74, 6) is -0.00850. The number of aryl methyl sites for hydroxylation is 3. The maximum absolute atomic E-state index is 14.6. The standard InChI is InChI=1S/C20H26FN3.ClH/c1-5-14-9-8-10-17(12-14)24(4)20(22)23-18-13-15(6-2)11-16(7-3)19(18)21;/h8-13H,5-7H2,1-4H3,(H2,22,23);1H. The zero-order chi connectivity index (χ0) is 17.7. The Morgan fingerprint density at radius 1 is 1.04 bits per heavy atom. The summed E-state index contributed by atoms with van der Waals surface area (Å²) in [5, 5.41) is 0. The van der Waals surface area contributed by atoms with Crippen LogP contribution >= 0.6 is 12.4 Å². The molecule has 0 saturated carbocycles. The molecule has 2 N–H and O–H groups in total. The fourth-order valence-corrected chi connectivity index (χ4v) is 2.59. The summed E-state index contributed by atoms with van der Waals surface area (Å²) in [7, 11) is 1.84. The lowest BCUT2D eigenvalue weighted by atomic mass is 10.0. The van der Waals surface area contributed by atoms with Crippen LogP contribution in [-0.2, 0) is 19.3 Å². The largest absolute Gasteiger partial charge is 0.369 e. The molecule has 136 valence electrons. The maximum Gasteiger partial charge on any atom is 0.200 e. The third-order valence-electron chi connectivity index (χ3n) is 4.26. The van der Waals surface area contributed by atoms with Crippen LogP contribution in [0.25, 0.3) is 0 Å². The summed E-state index contributed by atoms with van der Waals surface area (Å²) in [6.07, 6.45) is 2.42. The molecular formula is C20H27ClFN3. The molecule has 0 fully saturated rings. The Hall–Kier alpha value is -2.07. The molecule has 0 aliphatic carbocycles. The van der Waals surface area contributed by atoms with Gasteiger partial charge in [-0.2, -0.15) is 0 Å². The molecule has 0 aromatic heterocycles. The van der Waals surface area contributed by atoms with E-state index < -0.39 is 0 Å². The normalized spacial score (nSPS) is 11.2. The Morgan fingerprint density at radius 2 is 1.72 bits per heavy atom. The molecule has 2 aromatic rings. The molecule has 0 amide bonds. The lowest BCUT2D eigenvalue weighted by Crippen LogP contribution is -2.33. The fraction of sp³-hybridized carbons (Fsp3) is 0.350. The highest BCUT2D eigenvalue weighted by Crippen LogP contribution is 2.25. The molecule has 0 saturated heterocycles. The van der Waals surface area contributed by atoms with E-state index in [1.54, 1.807) is 11.0 Å². The summed E-state index contributed by atoms with van der Waals surface area (Å²) >= 11 is 0. The molecule has 0 unspecified atom stereocenters. The smallest absolute Gasteiger partial charge is 0.200 e. The first kappa shape index (κ1) is 21.0. The second-order valence-corrected chi connectivity index (χ2v) is 5.85. The number of hydrogen-bond acceptors (Lipinski definition) is 1. The van der Waals surface area contributed by atoms with Gasteiger partial charge in [-0.1, -0.05) is 39.0 Å². The van der Waals surface area contributed by atoms with Crippen molar-refractivity contribution in [2.24, 2.45) is 10.7 Å². The van der Waals surface area contributed by atoms with Crippen molar-refractivity contribution in [2.75, 3.05) is 11.9 Å². The molecular weight excluding hydrogens is 337 g/mol. The molecule has 0 aliphatic rings. The van der Waals surface area contributed by atoms with E-state index in [2.05, 4.69) is 24.0 Å². The van der Waals surface area contributed by atoms with Gasteiger partial charge in [0.15, 0.2) is 5.82 Å². The first-order valence-electron chi connectivity index (χ1n) is 8.48. The first-order chi connectivity index (χ1) is 11.5. The van der Waals surface area contributed by atoms with Crippen molar-refractivity contribution < 1.29 is 4.39 Å². The topological polar surface area (TPSA) is 41.6 Å². The van der Waals surface area contributed by atoms with Gasteiger partial charge in [-0.05, 0) is 54.2 Å². The SMILES string of the molecule is CCc1cccc(N(C)C(N)=Nc2cc(CC)cc(CC)c2F)c1.Cl. The van der Waals surface area contributed by atoms with Crippen molar-refractivity contribution >= 4 is 29.7 Å². The predicted molar refractivity (Wildman–Crippen MR) is 108 cm³/mol. The molecule has 0 aliphatic heterocycles. The average molecular weight is 364 g/mol. The molecule has 3 nitrogen and oxygen atoms in total. The van der Waals surface area contributed by atoms with Crippen molar-refractivity contribution in [3.63, 3.8) is 0 Å². The number of anilines is 1. The Bertz CT molecular complexity index is 744. The molecule has 0 atom stereocenters. The number of guanidine groups is 1. The third-order valence-corrected chi connectivity index (χ3v) is 4.26.